The molecule has 0 heterocycles. The highest BCUT2D eigenvalue weighted by atomic mass is 19.1. The Bertz CT molecular complexity index is 415. The van der Waals surface area contributed by atoms with E-state index in [9.17, 15) is 4.39 Å². The van der Waals surface area contributed by atoms with E-state index in [0.717, 1.165) is 31.7 Å². The lowest BCUT2D eigenvalue weighted by atomic mass is 10.1. The molecule has 0 aromatic heterocycles. The van der Waals surface area contributed by atoms with Gasteiger partial charge in [-0.25, -0.2) is 4.39 Å². The highest BCUT2D eigenvalue weighted by Crippen LogP contribution is 2.20. The minimum absolute atomic E-state index is 0.0740. The first-order valence-corrected chi connectivity index (χ1v) is 7.96. The van der Waals surface area contributed by atoms with Crippen LogP contribution in [0.2, 0.25) is 0 Å². The summed E-state index contributed by atoms with van der Waals surface area (Å²) in [4.78, 5) is 2.32. The Morgan fingerprint density at radius 2 is 2.10 bits per heavy atom. The lowest BCUT2D eigenvalue weighted by molar-refractivity contribution is 0.271. The standard InChI is InChI=1S/C17H27FN2/c1-3-5-10-20(4-2)13-15-11-14(6-9-17(15)18)12-19-16-7-8-16/h6,9,11,16,19H,3-5,7-8,10,12-13H2,1-2H3. The van der Waals surface area contributed by atoms with Crippen molar-refractivity contribution in [3.63, 3.8) is 0 Å². The Labute approximate surface area is 122 Å². The van der Waals surface area contributed by atoms with Crippen LogP contribution in [0.4, 0.5) is 4.39 Å². The molecule has 1 saturated carbocycles. The zero-order valence-electron chi connectivity index (χ0n) is 12.8. The van der Waals surface area contributed by atoms with Gasteiger partial charge in [-0.1, -0.05) is 32.4 Å². The second-order valence-electron chi connectivity index (χ2n) is 5.80. The van der Waals surface area contributed by atoms with Crippen LogP contribution in [-0.4, -0.2) is 24.0 Å². The first kappa shape index (κ1) is 15.5. The molecule has 1 N–H and O–H groups in total. The highest BCUT2D eigenvalue weighted by Gasteiger charge is 2.20. The summed E-state index contributed by atoms with van der Waals surface area (Å²) in [6, 6.07) is 6.24. The minimum Gasteiger partial charge on any atom is -0.310 e. The number of hydrogen-bond donors (Lipinski definition) is 1. The van der Waals surface area contributed by atoms with Crippen molar-refractivity contribution >= 4 is 0 Å². The van der Waals surface area contributed by atoms with E-state index in [0.29, 0.717) is 6.04 Å². The van der Waals surface area contributed by atoms with Crippen LogP contribution in [0.5, 0.6) is 0 Å². The molecule has 1 aromatic carbocycles. The van der Waals surface area contributed by atoms with Crippen molar-refractivity contribution in [1.82, 2.24) is 10.2 Å². The molecule has 1 aromatic rings. The maximum Gasteiger partial charge on any atom is 0.127 e. The lowest BCUT2D eigenvalue weighted by Crippen LogP contribution is -2.24. The molecule has 0 aliphatic heterocycles. The van der Waals surface area contributed by atoms with Gasteiger partial charge < -0.3 is 5.32 Å². The van der Waals surface area contributed by atoms with E-state index < -0.39 is 0 Å². The smallest absolute Gasteiger partial charge is 0.127 e. The molecule has 0 unspecified atom stereocenters. The Balaban J connectivity index is 1.94. The Morgan fingerprint density at radius 3 is 2.75 bits per heavy atom. The summed E-state index contributed by atoms with van der Waals surface area (Å²) >= 11 is 0. The van der Waals surface area contributed by atoms with E-state index in [-0.39, 0.29) is 5.82 Å². The molecule has 20 heavy (non-hydrogen) atoms. The second-order valence-corrected chi connectivity index (χ2v) is 5.80. The molecule has 112 valence electrons. The van der Waals surface area contributed by atoms with E-state index in [1.165, 1.54) is 31.2 Å². The summed E-state index contributed by atoms with van der Waals surface area (Å²) in [7, 11) is 0. The molecule has 2 rings (SSSR count). The number of benzene rings is 1. The molecule has 1 fully saturated rings. The van der Waals surface area contributed by atoms with E-state index in [1.807, 2.05) is 12.1 Å². The van der Waals surface area contributed by atoms with Crippen LogP contribution in [0, 0.1) is 5.82 Å². The third-order valence-corrected chi connectivity index (χ3v) is 3.95. The van der Waals surface area contributed by atoms with E-state index >= 15 is 0 Å². The summed E-state index contributed by atoms with van der Waals surface area (Å²) in [5.74, 6) is -0.0740. The molecule has 0 saturated heterocycles. The van der Waals surface area contributed by atoms with E-state index in [1.54, 1.807) is 6.07 Å². The average Bonchev–Trinajstić information content (AvgIpc) is 3.28. The molecule has 0 bridgehead atoms. The predicted molar refractivity (Wildman–Crippen MR) is 82.1 cm³/mol. The van der Waals surface area contributed by atoms with Crippen molar-refractivity contribution in [2.24, 2.45) is 0 Å². The SMILES string of the molecule is CCCCN(CC)Cc1cc(CNC2CC2)ccc1F. The molecule has 0 radical (unpaired) electrons. The molecule has 1 aliphatic carbocycles. The zero-order valence-corrected chi connectivity index (χ0v) is 12.8. The molecular weight excluding hydrogens is 251 g/mol. The van der Waals surface area contributed by atoms with Crippen LogP contribution in [0.1, 0.15) is 50.7 Å². The fourth-order valence-electron chi connectivity index (χ4n) is 2.38. The van der Waals surface area contributed by atoms with Crippen LogP contribution >= 0.6 is 0 Å². The largest absolute Gasteiger partial charge is 0.310 e. The molecule has 0 amide bonds. The van der Waals surface area contributed by atoms with Gasteiger partial charge in [-0.05, 0) is 44.0 Å². The Morgan fingerprint density at radius 1 is 1.30 bits per heavy atom. The quantitative estimate of drug-likeness (QED) is 0.741. The number of nitrogens with one attached hydrogen (secondary N) is 1. The van der Waals surface area contributed by atoms with Crippen LogP contribution in [0.15, 0.2) is 18.2 Å². The number of unbranched alkanes of at least 4 members (excludes halogenated alkanes) is 1. The summed E-state index contributed by atoms with van der Waals surface area (Å²) in [6.45, 7) is 7.95. The van der Waals surface area contributed by atoms with Gasteiger partial charge >= 0.3 is 0 Å². The van der Waals surface area contributed by atoms with Gasteiger partial charge in [0.05, 0.1) is 0 Å². The first-order valence-electron chi connectivity index (χ1n) is 7.96. The lowest BCUT2D eigenvalue weighted by Gasteiger charge is -2.21. The summed E-state index contributed by atoms with van der Waals surface area (Å²) in [6.07, 6.45) is 4.94. The Hall–Kier alpha value is -0.930. The van der Waals surface area contributed by atoms with Gasteiger partial charge in [-0.15, -0.1) is 0 Å². The molecule has 0 atom stereocenters. The van der Waals surface area contributed by atoms with Crippen LogP contribution < -0.4 is 5.32 Å². The Kier molecular flexibility index (Phi) is 5.99. The van der Waals surface area contributed by atoms with Crippen molar-refractivity contribution < 1.29 is 4.39 Å². The van der Waals surface area contributed by atoms with Gasteiger partial charge in [-0.3, -0.25) is 4.90 Å². The van der Waals surface area contributed by atoms with E-state index in [4.69, 9.17) is 0 Å². The van der Waals surface area contributed by atoms with Crippen LogP contribution in [0.25, 0.3) is 0 Å². The average molecular weight is 278 g/mol. The minimum atomic E-state index is -0.0740. The van der Waals surface area contributed by atoms with Gasteiger partial charge in [0.25, 0.3) is 0 Å². The van der Waals surface area contributed by atoms with E-state index in [2.05, 4.69) is 24.1 Å². The predicted octanol–water partition coefficient (Wildman–Crippen LogP) is 3.70. The normalized spacial score (nSPS) is 15.0. The van der Waals surface area contributed by atoms with Crippen molar-refractivity contribution in [3.8, 4) is 0 Å². The highest BCUT2D eigenvalue weighted by molar-refractivity contribution is 5.25. The van der Waals surface area contributed by atoms with Gasteiger partial charge in [0.2, 0.25) is 0 Å². The van der Waals surface area contributed by atoms with Gasteiger partial charge in [-0.2, -0.15) is 0 Å². The van der Waals surface area contributed by atoms with Crippen LogP contribution in [-0.2, 0) is 13.1 Å². The summed E-state index contributed by atoms with van der Waals surface area (Å²) in [5, 5.41) is 3.49. The van der Waals surface area contributed by atoms with Crippen molar-refractivity contribution in [2.75, 3.05) is 13.1 Å². The monoisotopic (exact) mass is 278 g/mol. The van der Waals surface area contributed by atoms with Crippen LogP contribution in [0.3, 0.4) is 0 Å². The van der Waals surface area contributed by atoms with Gasteiger partial charge in [0, 0.05) is 24.7 Å². The molecule has 0 spiro atoms. The first-order chi connectivity index (χ1) is 9.72. The van der Waals surface area contributed by atoms with Crippen molar-refractivity contribution in [2.45, 2.75) is 58.7 Å². The molecular formula is C17H27FN2. The summed E-state index contributed by atoms with van der Waals surface area (Å²) in [5.41, 5.74) is 2.03. The molecule has 2 nitrogen and oxygen atoms in total. The fourth-order valence-corrected chi connectivity index (χ4v) is 2.38. The second kappa shape index (κ2) is 7.75. The van der Waals surface area contributed by atoms with Crippen molar-refractivity contribution in [3.05, 3.63) is 35.1 Å². The number of halogens is 1. The van der Waals surface area contributed by atoms with Gasteiger partial charge in [0.1, 0.15) is 5.82 Å². The number of rotatable bonds is 9. The maximum atomic E-state index is 14.0. The topological polar surface area (TPSA) is 15.3 Å². The van der Waals surface area contributed by atoms with Crippen molar-refractivity contribution in [1.29, 1.82) is 0 Å². The zero-order chi connectivity index (χ0) is 14.4. The molecule has 1 aliphatic rings. The maximum absolute atomic E-state index is 14.0. The fraction of sp³-hybridized carbons (Fsp3) is 0.647. The third-order valence-electron chi connectivity index (χ3n) is 3.95. The summed E-state index contributed by atoms with van der Waals surface area (Å²) < 4.78 is 14.0. The number of nitrogens with zero attached hydrogens (tertiary/aromatic N) is 1. The molecule has 3 heteroatoms. The third kappa shape index (κ3) is 4.88. The van der Waals surface area contributed by atoms with Gasteiger partial charge in [0.15, 0.2) is 0 Å². The number of hydrogen-bond acceptors (Lipinski definition) is 2.